The maximum Gasteiger partial charge on any atom is 0.320 e. The van der Waals surface area contributed by atoms with Crippen molar-refractivity contribution in [1.82, 2.24) is 30.8 Å². The molecule has 6 aromatic rings. The van der Waals surface area contributed by atoms with E-state index in [0.717, 1.165) is 27.9 Å². The Morgan fingerprint density at radius 1 is 0.667 bits per heavy atom. The molecule has 2 atom stereocenters. The van der Waals surface area contributed by atoms with Crippen molar-refractivity contribution in [2.45, 2.75) is 78.3 Å². The standard InChI is InChI=1S/C49H48Cl2N8O10/c1-28-34(26-68-45-14-43(66-24-32-10-30(16-52)18-54-20-32)35(12-38(45)50)22-56-40(6-8-60)48(62)63)4-3-5-37(28)47-29(2)42(58-59-47)27-69-46-15-44(67-25-33-11-31(17-53)19-55-21-33)36(13-39(46)51)23-57-41(7-9-61)49(64)65/h3-5,10-15,18-21,40-41,56-57,60-61H,6-9,22-27H2,1-2H3,(H,58,59)(H,62,63)(H,64,65). The molecule has 0 aliphatic heterocycles. The summed E-state index contributed by atoms with van der Waals surface area (Å²) in [6.07, 6.45) is 6.00. The number of aromatic amines is 1. The molecule has 18 nitrogen and oxygen atoms in total. The number of nitrogens with one attached hydrogen (secondary N) is 3. The SMILES string of the molecule is Cc1c(COc2cc(OCc3cncc(C#N)c3)c(CNC(CCO)C(=O)O)cc2Cl)cccc1-c1[nH]nc(COc2cc(OCc3cncc(C#N)c3)c(CNC(CCO)C(=O)O)cc2Cl)c1C. The van der Waals surface area contributed by atoms with Gasteiger partial charge < -0.3 is 50.0 Å². The Labute approximate surface area is 407 Å². The lowest BCUT2D eigenvalue weighted by Crippen LogP contribution is -2.37. The van der Waals surface area contributed by atoms with Gasteiger partial charge in [0.25, 0.3) is 0 Å². The third kappa shape index (κ3) is 13.7. The number of carboxylic acids is 2. The van der Waals surface area contributed by atoms with E-state index in [1.807, 2.05) is 32.0 Å². The van der Waals surface area contributed by atoms with E-state index in [1.54, 1.807) is 48.8 Å². The van der Waals surface area contributed by atoms with Crippen LogP contribution in [0.5, 0.6) is 23.0 Å². The number of aliphatic hydroxyl groups is 2. The molecule has 0 aliphatic rings. The number of rotatable bonds is 25. The molecule has 0 aliphatic carbocycles. The van der Waals surface area contributed by atoms with E-state index in [4.69, 9.17) is 42.1 Å². The quantitative estimate of drug-likeness (QED) is 0.0314. The van der Waals surface area contributed by atoms with Crippen LogP contribution in [-0.4, -0.2) is 77.8 Å². The molecule has 0 radical (unpaired) electrons. The number of carbonyl (C=O) groups is 2. The number of nitrogens with zero attached hydrogens (tertiary/aromatic N) is 5. The number of ether oxygens (including phenoxy) is 4. The Morgan fingerprint density at radius 2 is 1.16 bits per heavy atom. The van der Waals surface area contributed by atoms with E-state index < -0.39 is 24.0 Å². The van der Waals surface area contributed by atoms with Crippen molar-refractivity contribution in [3.8, 4) is 46.4 Å². The van der Waals surface area contributed by atoms with Crippen molar-refractivity contribution in [1.29, 1.82) is 10.5 Å². The molecule has 6 rings (SSSR count). The fourth-order valence-corrected chi connectivity index (χ4v) is 7.58. The van der Waals surface area contributed by atoms with Gasteiger partial charge in [-0.05, 0) is 62.1 Å². The first-order valence-corrected chi connectivity index (χ1v) is 22.2. The predicted molar refractivity (Wildman–Crippen MR) is 252 cm³/mol. The summed E-state index contributed by atoms with van der Waals surface area (Å²) in [5, 5.41) is 70.7. The number of benzene rings is 3. The number of aromatic nitrogens is 4. The molecule has 69 heavy (non-hydrogen) atoms. The molecule has 358 valence electrons. The van der Waals surface area contributed by atoms with Gasteiger partial charge in [-0.3, -0.25) is 24.7 Å². The molecule has 0 saturated heterocycles. The molecule has 3 heterocycles. The summed E-state index contributed by atoms with van der Waals surface area (Å²) in [5.74, 6) is -0.965. The van der Waals surface area contributed by atoms with Gasteiger partial charge in [-0.2, -0.15) is 15.6 Å². The lowest BCUT2D eigenvalue weighted by Gasteiger charge is -2.19. The van der Waals surface area contributed by atoms with Crippen LogP contribution in [0.3, 0.4) is 0 Å². The van der Waals surface area contributed by atoms with Crippen molar-refractivity contribution in [3.05, 3.63) is 145 Å². The molecule has 0 spiro atoms. The van der Waals surface area contributed by atoms with Crippen molar-refractivity contribution >= 4 is 35.1 Å². The third-order valence-electron chi connectivity index (χ3n) is 10.9. The summed E-state index contributed by atoms with van der Waals surface area (Å²) < 4.78 is 24.8. The van der Waals surface area contributed by atoms with Crippen molar-refractivity contribution in [3.63, 3.8) is 0 Å². The summed E-state index contributed by atoms with van der Waals surface area (Å²) in [6, 6.07) is 17.6. The van der Waals surface area contributed by atoms with Gasteiger partial charge >= 0.3 is 11.9 Å². The second-order valence-electron chi connectivity index (χ2n) is 15.7. The number of H-pyrrole nitrogens is 1. The first-order chi connectivity index (χ1) is 33.3. The minimum Gasteiger partial charge on any atom is -0.488 e. The second-order valence-corrected chi connectivity index (χ2v) is 16.5. The maximum absolute atomic E-state index is 11.8. The van der Waals surface area contributed by atoms with Crippen molar-refractivity contribution in [2.24, 2.45) is 0 Å². The monoisotopic (exact) mass is 978 g/mol. The smallest absolute Gasteiger partial charge is 0.320 e. The van der Waals surface area contributed by atoms with Crippen molar-refractivity contribution in [2.75, 3.05) is 13.2 Å². The van der Waals surface area contributed by atoms with Gasteiger partial charge in [0, 0.05) is 96.6 Å². The van der Waals surface area contributed by atoms with E-state index in [1.165, 1.54) is 12.4 Å². The summed E-state index contributed by atoms with van der Waals surface area (Å²) in [5.41, 5.74) is 7.80. The van der Waals surface area contributed by atoms with Crippen LogP contribution in [0.2, 0.25) is 10.0 Å². The number of aliphatic carboxylic acids is 2. The van der Waals surface area contributed by atoms with Crippen LogP contribution in [0.1, 0.15) is 68.6 Å². The zero-order valence-electron chi connectivity index (χ0n) is 37.5. The number of halogens is 2. The van der Waals surface area contributed by atoms with Crippen LogP contribution in [-0.2, 0) is 49.1 Å². The van der Waals surface area contributed by atoms with E-state index in [9.17, 15) is 40.5 Å². The van der Waals surface area contributed by atoms with Gasteiger partial charge in [0.15, 0.2) is 0 Å². The lowest BCUT2D eigenvalue weighted by molar-refractivity contribution is -0.140. The summed E-state index contributed by atoms with van der Waals surface area (Å²) in [6.45, 7) is 3.51. The highest BCUT2D eigenvalue weighted by molar-refractivity contribution is 6.32. The summed E-state index contributed by atoms with van der Waals surface area (Å²) in [7, 11) is 0. The zero-order valence-corrected chi connectivity index (χ0v) is 39.0. The minimum atomic E-state index is -1.12. The van der Waals surface area contributed by atoms with Gasteiger partial charge in [-0.1, -0.05) is 41.4 Å². The molecular formula is C49H48Cl2N8O10. The lowest BCUT2D eigenvalue weighted by atomic mass is 9.98. The number of hydrogen-bond acceptors (Lipinski definition) is 15. The number of pyridine rings is 2. The van der Waals surface area contributed by atoms with Crippen molar-refractivity contribution < 1.29 is 49.0 Å². The van der Waals surface area contributed by atoms with Gasteiger partial charge in [0.2, 0.25) is 0 Å². The predicted octanol–water partition coefficient (Wildman–Crippen LogP) is 6.70. The molecule has 7 N–H and O–H groups in total. The van der Waals surface area contributed by atoms with Gasteiger partial charge in [-0.25, -0.2) is 0 Å². The van der Waals surface area contributed by atoms with E-state index in [0.29, 0.717) is 56.3 Å². The highest BCUT2D eigenvalue weighted by atomic mass is 35.5. The molecule has 3 aromatic carbocycles. The van der Waals surface area contributed by atoms with E-state index >= 15 is 0 Å². The summed E-state index contributed by atoms with van der Waals surface area (Å²) >= 11 is 13.5. The fourth-order valence-electron chi connectivity index (χ4n) is 7.10. The van der Waals surface area contributed by atoms with Crippen LogP contribution in [0, 0.1) is 36.5 Å². The molecule has 0 bridgehead atoms. The molecule has 20 heteroatoms. The molecular weight excluding hydrogens is 931 g/mol. The van der Waals surface area contributed by atoms with Crippen LogP contribution in [0.15, 0.2) is 79.4 Å². The molecule has 2 unspecified atom stereocenters. The first kappa shape index (κ1) is 51.1. The number of aliphatic hydroxyl groups excluding tert-OH is 2. The van der Waals surface area contributed by atoms with Crippen LogP contribution in [0.25, 0.3) is 11.3 Å². The van der Waals surface area contributed by atoms with Gasteiger partial charge in [0.05, 0.1) is 26.9 Å². The third-order valence-corrected chi connectivity index (χ3v) is 11.5. The van der Waals surface area contributed by atoms with Gasteiger partial charge in [0.1, 0.15) is 79.3 Å². The Kier molecular flexibility index (Phi) is 18.3. The van der Waals surface area contributed by atoms with Crippen LogP contribution >= 0.6 is 23.2 Å². The highest BCUT2D eigenvalue weighted by Gasteiger charge is 2.22. The van der Waals surface area contributed by atoms with E-state index in [2.05, 4.69) is 42.9 Å². The average Bonchev–Trinajstić information content (AvgIpc) is 3.71. The first-order valence-electron chi connectivity index (χ1n) is 21.4. The second kappa shape index (κ2) is 24.6. The largest absolute Gasteiger partial charge is 0.488 e. The van der Waals surface area contributed by atoms with Gasteiger partial charge in [-0.15, -0.1) is 0 Å². The average molecular weight is 980 g/mol. The topological polar surface area (TPSA) is 278 Å². The molecule has 0 amide bonds. The van der Waals surface area contributed by atoms with E-state index in [-0.39, 0.29) is 81.4 Å². The minimum absolute atomic E-state index is 0.00704. The highest BCUT2D eigenvalue weighted by Crippen LogP contribution is 2.37. The Morgan fingerprint density at radius 3 is 1.64 bits per heavy atom. The zero-order chi connectivity index (χ0) is 49.5. The van der Waals surface area contributed by atoms with Crippen LogP contribution in [0.4, 0.5) is 0 Å². The Balaban J connectivity index is 1.19. The summed E-state index contributed by atoms with van der Waals surface area (Å²) in [4.78, 5) is 31.7. The fraction of sp³-hybridized carbons (Fsp3) is 0.286. The molecule has 0 fully saturated rings. The van der Waals surface area contributed by atoms with Crippen LogP contribution < -0.4 is 29.6 Å². The maximum atomic E-state index is 11.8. The number of nitriles is 2. The Bertz CT molecular complexity index is 2870. The normalized spacial score (nSPS) is 11.8. The number of carboxylic acid groups (broad SMARTS) is 2. The molecule has 3 aromatic heterocycles. The molecule has 0 saturated carbocycles. The number of hydrogen-bond donors (Lipinski definition) is 7. The Hall–Kier alpha value is -7.29.